The molecule has 0 saturated carbocycles. The molecule has 0 bridgehead atoms. The lowest BCUT2D eigenvalue weighted by Gasteiger charge is -2.33. The molecule has 0 fully saturated rings. The zero-order valence-corrected chi connectivity index (χ0v) is 11.4. The fourth-order valence-corrected chi connectivity index (χ4v) is 2.73. The van der Waals surface area contributed by atoms with E-state index >= 15 is 0 Å². The molecule has 1 heterocycles. The van der Waals surface area contributed by atoms with Crippen molar-refractivity contribution in [2.24, 2.45) is 0 Å². The Bertz CT molecular complexity index is 426. The van der Waals surface area contributed by atoms with Crippen molar-refractivity contribution in [1.29, 1.82) is 0 Å². The Hall–Kier alpha value is -1.51. The quantitative estimate of drug-likeness (QED) is 0.889. The molecule has 1 aromatic rings. The average Bonchev–Trinajstić information content (AvgIpc) is 2.39. The van der Waals surface area contributed by atoms with Crippen LogP contribution in [0.4, 0.5) is 5.69 Å². The number of para-hydroxylation sites is 1. The first-order valence-corrected chi connectivity index (χ1v) is 6.81. The van der Waals surface area contributed by atoms with Gasteiger partial charge in [-0.2, -0.15) is 0 Å². The molecule has 1 N–H and O–H groups in total. The molecular formula is C15H22N2O. The lowest BCUT2D eigenvalue weighted by Crippen LogP contribution is -2.39. The first kappa shape index (κ1) is 12.9. The number of rotatable bonds is 3. The Morgan fingerprint density at radius 2 is 2.00 bits per heavy atom. The third-order valence-corrected chi connectivity index (χ3v) is 3.70. The molecule has 1 aliphatic rings. The van der Waals surface area contributed by atoms with Crippen LogP contribution in [0.15, 0.2) is 24.3 Å². The molecule has 98 valence electrons. The summed E-state index contributed by atoms with van der Waals surface area (Å²) in [4.78, 5) is 14.5. The second-order valence-corrected chi connectivity index (χ2v) is 4.93. The van der Waals surface area contributed by atoms with E-state index in [1.165, 1.54) is 0 Å². The van der Waals surface area contributed by atoms with Gasteiger partial charge in [-0.15, -0.1) is 0 Å². The summed E-state index contributed by atoms with van der Waals surface area (Å²) in [7, 11) is 0. The number of nitrogens with one attached hydrogen (secondary N) is 1. The van der Waals surface area contributed by atoms with Crippen LogP contribution in [0, 0.1) is 0 Å². The van der Waals surface area contributed by atoms with Crippen molar-refractivity contribution in [1.82, 2.24) is 4.90 Å². The first-order valence-electron chi connectivity index (χ1n) is 6.81. The molecule has 3 nitrogen and oxygen atoms in total. The largest absolute Gasteiger partial charge is 0.382 e. The topological polar surface area (TPSA) is 32.3 Å². The number of amides is 1. The standard InChI is InChI=1S/C15H22N2O/c1-4-17(5-2)15(18)13-10-11(3)16-14-9-7-6-8-12(13)14/h6-9,11,13,16H,4-5,10H2,1-3H3. The predicted octanol–water partition coefficient (Wildman–Crippen LogP) is 2.84. The van der Waals surface area contributed by atoms with Crippen molar-refractivity contribution in [2.45, 2.75) is 39.2 Å². The molecule has 0 radical (unpaired) electrons. The van der Waals surface area contributed by atoms with E-state index in [0.29, 0.717) is 6.04 Å². The van der Waals surface area contributed by atoms with Crippen molar-refractivity contribution < 1.29 is 4.79 Å². The average molecular weight is 246 g/mol. The lowest BCUT2D eigenvalue weighted by molar-refractivity contribution is -0.132. The second kappa shape index (κ2) is 5.42. The number of carbonyl (C=O) groups excluding carboxylic acids is 1. The molecule has 2 rings (SSSR count). The third-order valence-electron chi connectivity index (χ3n) is 3.70. The number of fused-ring (bicyclic) bond motifs is 1. The van der Waals surface area contributed by atoms with Crippen LogP contribution in [0.2, 0.25) is 0 Å². The molecule has 1 amide bonds. The molecule has 0 saturated heterocycles. The highest BCUT2D eigenvalue weighted by molar-refractivity contribution is 5.86. The molecule has 3 heteroatoms. The first-order chi connectivity index (χ1) is 8.67. The van der Waals surface area contributed by atoms with Crippen molar-refractivity contribution in [3.05, 3.63) is 29.8 Å². The summed E-state index contributed by atoms with van der Waals surface area (Å²) in [6, 6.07) is 8.51. The van der Waals surface area contributed by atoms with Crippen LogP contribution in [0.1, 0.15) is 38.7 Å². The van der Waals surface area contributed by atoms with E-state index < -0.39 is 0 Å². The summed E-state index contributed by atoms with van der Waals surface area (Å²) in [5.74, 6) is 0.276. The zero-order chi connectivity index (χ0) is 13.1. The summed E-state index contributed by atoms with van der Waals surface area (Å²) in [5, 5.41) is 3.45. The van der Waals surface area contributed by atoms with E-state index in [1.54, 1.807) is 0 Å². The van der Waals surface area contributed by atoms with Gasteiger partial charge in [-0.3, -0.25) is 4.79 Å². The smallest absolute Gasteiger partial charge is 0.230 e. The highest BCUT2D eigenvalue weighted by Crippen LogP contribution is 2.35. The van der Waals surface area contributed by atoms with Gasteiger partial charge >= 0.3 is 0 Å². The summed E-state index contributed by atoms with van der Waals surface area (Å²) in [5.41, 5.74) is 2.26. The maximum absolute atomic E-state index is 12.6. The highest BCUT2D eigenvalue weighted by Gasteiger charge is 2.31. The number of hydrogen-bond acceptors (Lipinski definition) is 2. The van der Waals surface area contributed by atoms with Gasteiger partial charge in [0.2, 0.25) is 5.91 Å². The van der Waals surface area contributed by atoms with E-state index in [1.807, 2.05) is 30.9 Å². The minimum absolute atomic E-state index is 0.0114. The van der Waals surface area contributed by atoms with Gasteiger partial charge in [0.1, 0.15) is 0 Å². The number of anilines is 1. The molecule has 0 aromatic heterocycles. The van der Waals surface area contributed by atoms with Crippen LogP contribution in [-0.2, 0) is 4.79 Å². The monoisotopic (exact) mass is 246 g/mol. The molecule has 2 atom stereocenters. The Balaban J connectivity index is 2.31. The molecule has 1 aliphatic heterocycles. The van der Waals surface area contributed by atoms with Gasteiger partial charge in [-0.25, -0.2) is 0 Å². The van der Waals surface area contributed by atoms with E-state index in [9.17, 15) is 4.79 Å². The van der Waals surface area contributed by atoms with Gasteiger partial charge in [0, 0.05) is 24.8 Å². The predicted molar refractivity (Wildman–Crippen MR) is 74.8 cm³/mol. The number of hydrogen-bond donors (Lipinski definition) is 1. The van der Waals surface area contributed by atoms with Crippen molar-refractivity contribution in [2.75, 3.05) is 18.4 Å². The molecule has 1 aromatic carbocycles. The van der Waals surface area contributed by atoms with Crippen LogP contribution >= 0.6 is 0 Å². The number of likely N-dealkylation sites (N-methyl/N-ethyl adjacent to an activating group) is 1. The van der Waals surface area contributed by atoms with Crippen LogP contribution in [0.25, 0.3) is 0 Å². The van der Waals surface area contributed by atoms with Crippen LogP contribution in [-0.4, -0.2) is 29.9 Å². The Labute approximate surface area is 109 Å². The summed E-state index contributed by atoms with van der Waals surface area (Å²) < 4.78 is 0. The van der Waals surface area contributed by atoms with Gasteiger partial charge in [0.05, 0.1) is 5.92 Å². The van der Waals surface area contributed by atoms with Gasteiger partial charge in [0.25, 0.3) is 0 Å². The summed E-state index contributed by atoms with van der Waals surface area (Å²) >= 11 is 0. The Morgan fingerprint density at radius 3 is 2.67 bits per heavy atom. The van der Waals surface area contributed by atoms with Crippen LogP contribution < -0.4 is 5.32 Å². The third kappa shape index (κ3) is 2.35. The van der Waals surface area contributed by atoms with Gasteiger partial charge in [-0.1, -0.05) is 18.2 Å². The molecule has 2 unspecified atom stereocenters. The van der Waals surface area contributed by atoms with Gasteiger partial charge < -0.3 is 10.2 Å². The summed E-state index contributed by atoms with van der Waals surface area (Å²) in [6.45, 7) is 7.79. The highest BCUT2D eigenvalue weighted by atomic mass is 16.2. The number of carbonyl (C=O) groups is 1. The SMILES string of the molecule is CCN(CC)C(=O)C1CC(C)Nc2ccccc21. The van der Waals surface area contributed by atoms with Crippen molar-refractivity contribution >= 4 is 11.6 Å². The maximum atomic E-state index is 12.6. The fourth-order valence-electron chi connectivity index (χ4n) is 2.73. The Morgan fingerprint density at radius 1 is 1.33 bits per heavy atom. The zero-order valence-electron chi connectivity index (χ0n) is 11.4. The van der Waals surface area contributed by atoms with Crippen molar-refractivity contribution in [3.8, 4) is 0 Å². The van der Waals surface area contributed by atoms with Gasteiger partial charge in [-0.05, 0) is 38.8 Å². The number of nitrogens with zero attached hydrogens (tertiary/aromatic N) is 1. The van der Waals surface area contributed by atoms with Gasteiger partial charge in [0.15, 0.2) is 0 Å². The second-order valence-electron chi connectivity index (χ2n) is 4.93. The van der Waals surface area contributed by atoms with E-state index in [-0.39, 0.29) is 11.8 Å². The van der Waals surface area contributed by atoms with E-state index in [4.69, 9.17) is 0 Å². The van der Waals surface area contributed by atoms with E-state index in [2.05, 4.69) is 24.4 Å². The van der Waals surface area contributed by atoms with Crippen LogP contribution in [0.5, 0.6) is 0 Å². The molecule has 0 spiro atoms. The minimum Gasteiger partial charge on any atom is -0.382 e. The lowest BCUT2D eigenvalue weighted by atomic mass is 9.86. The maximum Gasteiger partial charge on any atom is 0.230 e. The molecular weight excluding hydrogens is 224 g/mol. The van der Waals surface area contributed by atoms with Crippen molar-refractivity contribution in [3.63, 3.8) is 0 Å². The normalized spacial score (nSPS) is 21.9. The molecule has 18 heavy (non-hydrogen) atoms. The minimum atomic E-state index is 0.0114. The number of benzene rings is 1. The van der Waals surface area contributed by atoms with E-state index in [0.717, 1.165) is 30.8 Å². The Kier molecular flexibility index (Phi) is 3.90. The summed E-state index contributed by atoms with van der Waals surface area (Å²) in [6.07, 6.45) is 0.881. The fraction of sp³-hybridized carbons (Fsp3) is 0.533. The molecule has 0 aliphatic carbocycles. The van der Waals surface area contributed by atoms with Crippen LogP contribution in [0.3, 0.4) is 0 Å².